The number of hydrogen-bond donors (Lipinski definition) is 2. The summed E-state index contributed by atoms with van der Waals surface area (Å²) in [6.07, 6.45) is 0. The molecule has 0 heterocycles. The molecule has 4 heteroatoms. The number of aliphatic carboxylic acids is 1. The maximum absolute atomic E-state index is 10.7. The van der Waals surface area contributed by atoms with Crippen molar-refractivity contribution in [2.75, 3.05) is 0 Å². The fourth-order valence-electron chi connectivity index (χ4n) is 0.898. The van der Waals surface area contributed by atoms with Gasteiger partial charge in [-0.25, -0.2) is 3.53 Å². The van der Waals surface area contributed by atoms with Gasteiger partial charge < -0.3 is 5.11 Å². The van der Waals surface area contributed by atoms with Crippen LogP contribution < -0.4 is 3.53 Å². The zero-order valence-corrected chi connectivity index (χ0v) is 8.36. The minimum Gasteiger partial charge on any atom is -0.480 e. The van der Waals surface area contributed by atoms with Gasteiger partial charge in [0.1, 0.15) is 6.04 Å². The van der Waals surface area contributed by atoms with Crippen LogP contribution in [0, 0.1) is 0 Å². The molecule has 1 aromatic carbocycles. The van der Waals surface area contributed by atoms with Crippen LogP contribution in [-0.4, -0.2) is 11.1 Å². The Morgan fingerprint density at radius 2 is 2.00 bits per heavy atom. The monoisotopic (exact) mass is 277 g/mol. The van der Waals surface area contributed by atoms with E-state index in [0.29, 0.717) is 0 Å². The quantitative estimate of drug-likeness (QED) is 0.653. The number of carbonyl (C=O) groups is 1. The van der Waals surface area contributed by atoms with E-state index < -0.39 is 12.0 Å². The second-order valence-corrected chi connectivity index (χ2v) is 2.91. The lowest BCUT2D eigenvalue weighted by molar-refractivity contribution is -0.138. The molecule has 0 saturated carbocycles. The zero-order chi connectivity index (χ0) is 8.97. The molecule has 0 aliphatic heterocycles. The second-order valence-electron chi connectivity index (χ2n) is 2.29. The number of hydrogen-bond acceptors (Lipinski definition) is 2. The first-order valence-corrected chi connectivity index (χ1v) is 4.47. The van der Waals surface area contributed by atoms with Crippen LogP contribution in [0.2, 0.25) is 0 Å². The molecule has 1 atom stereocenters. The van der Waals surface area contributed by atoms with E-state index in [2.05, 4.69) is 3.53 Å². The highest BCUT2D eigenvalue weighted by atomic mass is 127. The Kier molecular flexibility index (Phi) is 3.48. The largest absolute Gasteiger partial charge is 0.480 e. The lowest BCUT2D eigenvalue weighted by Crippen LogP contribution is -2.20. The second kappa shape index (κ2) is 4.42. The van der Waals surface area contributed by atoms with Crippen LogP contribution in [0.4, 0.5) is 0 Å². The zero-order valence-electron chi connectivity index (χ0n) is 6.20. The number of carboxylic acids is 1. The van der Waals surface area contributed by atoms with Gasteiger partial charge in [-0.15, -0.1) is 0 Å². The van der Waals surface area contributed by atoms with Crippen LogP contribution >= 0.6 is 22.9 Å². The van der Waals surface area contributed by atoms with Crippen LogP contribution in [0.1, 0.15) is 11.6 Å². The molecule has 1 aromatic rings. The average molecular weight is 277 g/mol. The predicted molar refractivity (Wildman–Crippen MR) is 54.0 cm³/mol. The third-order valence-corrected chi connectivity index (χ3v) is 2.11. The van der Waals surface area contributed by atoms with Crippen molar-refractivity contribution < 1.29 is 9.90 Å². The van der Waals surface area contributed by atoms with Gasteiger partial charge in [0.15, 0.2) is 0 Å². The van der Waals surface area contributed by atoms with Crippen LogP contribution in [-0.2, 0) is 4.79 Å². The fraction of sp³-hybridized carbons (Fsp3) is 0.125. The molecule has 0 aliphatic carbocycles. The van der Waals surface area contributed by atoms with Gasteiger partial charge in [0.25, 0.3) is 0 Å². The van der Waals surface area contributed by atoms with Gasteiger partial charge in [0, 0.05) is 22.9 Å². The molecule has 64 valence electrons. The van der Waals surface area contributed by atoms with Gasteiger partial charge in [-0.3, -0.25) is 4.79 Å². The van der Waals surface area contributed by atoms with Crippen LogP contribution in [0.25, 0.3) is 0 Å². The van der Waals surface area contributed by atoms with E-state index in [1.807, 2.05) is 41.1 Å². The summed E-state index contributed by atoms with van der Waals surface area (Å²) in [7, 11) is 0. The molecule has 0 fully saturated rings. The molecule has 1 unspecified atom stereocenters. The first-order chi connectivity index (χ1) is 5.75. The van der Waals surface area contributed by atoms with E-state index in [1.165, 1.54) is 0 Å². The Bertz CT molecular complexity index is 263. The number of carboxylic acid groups (broad SMARTS) is 1. The number of benzene rings is 1. The third kappa shape index (κ3) is 2.18. The summed E-state index contributed by atoms with van der Waals surface area (Å²) in [5, 5.41) is 8.76. The summed E-state index contributed by atoms with van der Waals surface area (Å²) in [5.41, 5.74) is 0.763. The summed E-state index contributed by atoms with van der Waals surface area (Å²) in [6.45, 7) is 0. The van der Waals surface area contributed by atoms with Crippen molar-refractivity contribution in [1.82, 2.24) is 3.53 Å². The Labute approximate surface area is 84.3 Å². The summed E-state index contributed by atoms with van der Waals surface area (Å²) in [5.74, 6) is -0.865. The Morgan fingerprint density at radius 1 is 1.42 bits per heavy atom. The minimum absolute atomic E-state index is 0.619. The Morgan fingerprint density at radius 3 is 2.42 bits per heavy atom. The van der Waals surface area contributed by atoms with Crippen LogP contribution in [0.15, 0.2) is 30.3 Å². The van der Waals surface area contributed by atoms with Crippen molar-refractivity contribution >= 4 is 28.8 Å². The van der Waals surface area contributed by atoms with E-state index in [-0.39, 0.29) is 0 Å². The van der Waals surface area contributed by atoms with Gasteiger partial charge in [0.2, 0.25) is 0 Å². The predicted octanol–water partition coefficient (Wildman–Crippen LogP) is 1.75. The van der Waals surface area contributed by atoms with E-state index in [4.69, 9.17) is 5.11 Å². The van der Waals surface area contributed by atoms with Crippen molar-refractivity contribution in [3.8, 4) is 0 Å². The molecule has 3 nitrogen and oxygen atoms in total. The smallest absolute Gasteiger partial charge is 0.326 e. The SMILES string of the molecule is O=C(O)C(NI)c1ccccc1. The first-order valence-electron chi connectivity index (χ1n) is 3.39. The van der Waals surface area contributed by atoms with Gasteiger partial charge in [-0.1, -0.05) is 30.3 Å². The van der Waals surface area contributed by atoms with E-state index in [1.54, 1.807) is 12.1 Å². The molecule has 0 bridgehead atoms. The summed E-state index contributed by atoms with van der Waals surface area (Å²) in [6, 6.07) is 8.44. The molecule has 0 spiro atoms. The molecule has 2 N–H and O–H groups in total. The highest BCUT2D eigenvalue weighted by Crippen LogP contribution is 2.13. The molecule has 12 heavy (non-hydrogen) atoms. The van der Waals surface area contributed by atoms with Gasteiger partial charge in [-0.2, -0.15) is 0 Å². The van der Waals surface area contributed by atoms with Crippen LogP contribution in [0.5, 0.6) is 0 Å². The van der Waals surface area contributed by atoms with Crippen molar-refractivity contribution in [3.05, 3.63) is 35.9 Å². The van der Waals surface area contributed by atoms with Crippen LogP contribution in [0.3, 0.4) is 0 Å². The van der Waals surface area contributed by atoms with Gasteiger partial charge in [0.05, 0.1) is 0 Å². The first kappa shape index (κ1) is 9.47. The molecule has 0 aromatic heterocycles. The van der Waals surface area contributed by atoms with Crippen molar-refractivity contribution in [2.24, 2.45) is 0 Å². The summed E-state index contributed by atoms with van der Waals surface area (Å²) in [4.78, 5) is 10.7. The lowest BCUT2D eigenvalue weighted by atomic mass is 10.1. The summed E-state index contributed by atoms with van der Waals surface area (Å²) >= 11 is 1.84. The van der Waals surface area contributed by atoms with Crippen molar-refractivity contribution in [1.29, 1.82) is 0 Å². The fourth-order valence-corrected chi connectivity index (χ4v) is 1.52. The Balaban J connectivity index is 2.88. The number of rotatable bonds is 3. The molecular weight excluding hydrogens is 269 g/mol. The van der Waals surface area contributed by atoms with Crippen molar-refractivity contribution in [3.63, 3.8) is 0 Å². The highest BCUT2D eigenvalue weighted by Gasteiger charge is 2.16. The topological polar surface area (TPSA) is 49.3 Å². The Hall–Kier alpha value is -0.620. The maximum atomic E-state index is 10.7. The molecule has 1 rings (SSSR count). The van der Waals surface area contributed by atoms with E-state index >= 15 is 0 Å². The molecule has 0 aliphatic rings. The van der Waals surface area contributed by atoms with Gasteiger partial charge >= 0.3 is 5.97 Å². The summed E-state index contributed by atoms with van der Waals surface area (Å²) < 4.78 is 2.69. The maximum Gasteiger partial charge on any atom is 0.326 e. The molecular formula is C8H8INO2. The molecule has 0 saturated heterocycles. The van der Waals surface area contributed by atoms with E-state index in [0.717, 1.165) is 5.56 Å². The average Bonchev–Trinajstić information content (AvgIpc) is 2.07. The van der Waals surface area contributed by atoms with E-state index in [9.17, 15) is 4.79 Å². The normalized spacial score (nSPS) is 12.4. The molecule has 0 radical (unpaired) electrons. The standard InChI is InChI=1S/C8H8INO2/c9-10-7(8(11)12)6-4-2-1-3-5-6/h1-5,7,10H,(H,11,12). The highest BCUT2D eigenvalue weighted by molar-refractivity contribution is 14.1. The number of nitrogens with one attached hydrogen (secondary N) is 1. The molecule has 0 amide bonds. The lowest BCUT2D eigenvalue weighted by Gasteiger charge is -2.08. The number of halogens is 1. The van der Waals surface area contributed by atoms with Gasteiger partial charge in [-0.05, 0) is 5.56 Å². The third-order valence-electron chi connectivity index (χ3n) is 1.49. The minimum atomic E-state index is -0.865. The van der Waals surface area contributed by atoms with Crippen molar-refractivity contribution in [2.45, 2.75) is 6.04 Å².